The van der Waals surface area contributed by atoms with Crippen molar-refractivity contribution < 1.29 is 9.59 Å². The van der Waals surface area contributed by atoms with Crippen molar-refractivity contribution in [3.05, 3.63) is 60.4 Å². The topological polar surface area (TPSA) is 53.5 Å². The normalized spacial score (nSPS) is 17.8. The van der Waals surface area contributed by atoms with Gasteiger partial charge in [-0.25, -0.2) is 0 Å². The Morgan fingerprint density at radius 1 is 1.00 bits per heavy atom. The molecule has 2 heterocycles. The minimum absolute atomic E-state index is 0.198. The quantitative estimate of drug-likeness (QED) is 0.658. The number of anilines is 1. The maximum atomic E-state index is 12.6. The highest BCUT2D eigenvalue weighted by atomic mass is 32.1. The van der Waals surface area contributed by atoms with E-state index in [0.29, 0.717) is 18.7 Å². The maximum absolute atomic E-state index is 12.6. The number of Topliss-reactive ketones (excluding diaryl/α,β-unsaturated/α-hetero) is 1. The molecular formula is C19H21N3O2S. The second-order valence-corrected chi connectivity index (χ2v) is 6.52. The largest absolute Gasteiger partial charge is 0.369 e. The summed E-state index contributed by atoms with van der Waals surface area (Å²) in [7, 11) is 0. The van der Waals surface area contributed by atoms with Gasteiger partial charge in [-0.2, -0.15) is 0 Å². The highest BCUT2D eigenvalue weighted by Crippen LogP contribution is 2.34. The first kappa shape index (κ1) is 17.6. The van der Waals surface area contributed by atoms with Crippen LogP contribution in [0.15, 0.2) is 54.9 Å². The van der Waals surface area contributed by atoms with E-state index < -0.39 is 10.7 Å². The third kappa shape index (κ3) is 3.19. The Morgan fingerprint density at radius 3 is 2.12 bits per heavy atom. The molecule has 1 unspecified atom stereocenters. The highest BCUT2D eigenvalue weighted by Gasteiger charge is 2.49. The van der Waals surface area contributed by atoms with Gasteiger partial charge in [0.2, 0.25) is 5.12 Å². The Kier molecular flexibility index (Phi) is 5.20. The Morgan fingerprint density at radius 2 is 1.60 bits per heavy atom. The van der Waals surface area contributed by atoms with E-state index in [-0.39, 0.29) is 5.78 Å². The number of benzene rings is 1. The summed E-state index contributed by atoms with van der Waals surface area (Å²) in [5.74, 6) is -0.198. The van der Waals surface area contributed by atoms with Gasteiger partial charge < -0.3 is 4.90 Å². The van der Waals surface area contributed by atoms with Crippen molar-refractivity contribution in [2.45, 2.75) is 12.5 Å². The number of rotatable bonds is 5. The summed E-state index contributed by atoms with van der Waals surface area (Å²) in [5, 5.41) is -0.427. The average Bonchev–Trinajstić information content (AvgIpc) is 2.64. The molecule has 1 aliphatic rings. The molecule has 1 aromatic carbocycles. The van der Waals surface area contributed by atoms with E-state index in [2.05, 4.69) is 22.5 Å². The number of nitrogens with zero attached hydrogens (tertiary/aromatic N) is 3. The molecular weight excluding hydrogens is 334 g/mol. The van der Waals surface area contributed by atoms with Crippen LogP contribution in [0.25, 0.3) is 0 Å². The Balaban J connectivity index is 1.89. The van der Waals surface area contributed by atoms with Crippen LogP contribution in [-0.4, -0.2) is 47.0 Å². The lowest BCUT2D eigenvalue weighted by atomic mass is 9.84. The molecule has 25 heavy (non-hydrogen) atoms. The molecule has 0 saturated carbocycles. The van der Waals surface area contributed by atoms with Gasteiger partial charge in [0.15, 0.2) is 11.3 Å². The van der Waals surface area contributed by atoms with Crippen LogP contribution < -0.4 is 4.90 Å². The molecule has 0 spiro atoms. The Hall–Kier alpha value is -2.18. The first-order valence-electron chi connectivity index (χ1n) is 8.27. The van der Waals surface area contributed by atoms with Gasteiger partial charge >= 0.3 is 0 Å². The molecule has 1 saturated heterocycles. The van der Waals surface area contributed by atoms with Crippen molar-refractivity contribution in [2.75, 3.05) is 31.1 Å². The monoisotopic (exact) mass is 355 g/mol. The maximum Gasteiger partial charge on any atom is 0.218 e. The number of carbonyl (C=O) groups excluding carboxylic acids is 2. The fourth-order valence-electron chi connectivity index (χ4n) is 3.55. The number of pyridine rings is 1. The van der Waals surface area contributed by atoms with Gasteiger partial charge in [0.1, 0.15) is 0 Å². The lowest BCUT2D eigenvalue weighted by Gasteiger charge is -2.45. The molecule has 0 amide bonds. The van der Waals surface area contributed by atoms with Gasteiger partial charge in [-0.1, -0.05) is 30.3 Å². The summed E-state index contributed by atoms with van der Waals surface area (Å²) in [4.78, 5) is 33.4. The summed E-state index contributed by atoms with van der Waals surface area (Å²) in [6.45, 7) is 4.13. The van der Waals surface area contributed by atoms with Crippen molar-refractivity contribution >= 4 is 29.2 Å². The summed E-state index contributed by atoms with van der Waals surface area (Å²) in [6, 6.07) is 13.1. The van der Waals surface area contributed by atoms with Crippen molar-refractivity contribution in [3.63, 3.8) is 0 Å². The van der Waals surface area contributed by atoms with E-state index in [0.717, 1.165) is 18.8 Å². The molecule has 6 heteroatoms. The molecule has 5 nitrogen and oxygen atoms in total. The van der Waals surface area contributed by atoms with Gasteiger partial charge in [0.05, 0.1) is 0 Å². The first-order valence-corrected chi connectivity index (χ1v) is 8.71. The lowest BCUT2D eigenvalue weighted by molar-refractivity contribution is -0.138. The van der Waals surface area contributed by atoms with E-state index >= 15 is 0 Å². The number of aromatic nitrogens is 1. The Bertz CT molecular complexity index is 730. The molecule has 130 valence electrons. The molecule has 0 radical (unpaired) electrons. The van der Waals surface area contributed by atoms with Crippen LogP contribution in [0.1, 0.15) is 12.5 Å². The minimum Gasteiger partial charge on any atom is -0.369 e. The van der Waals surface area contributed by atoms with E-state index in [9.17, 15) is 9.59 Å². The number of ketones is 1. The Labute approximate surface area is 153 Å². The van der Waals surface area contributed by atoms with Crippen molar-refractivity contribution in [1.29, 1.82) is 0 Å². The number of thiol groups is 1. The summed E-state index contributed by atoms with van der Waals surface area (Å²) in [5.41, 5.74) is 0.453. The highest BCUT2D eigenvalue weighted by molar-refractivity contribution is 7.96. The van der Waals surface area contributed by atoms with Crippen molar-refractivity contribution in [1.82, 2.24) is 9.88 Å². The van der Waals surface area contributed by atoms with Crippen LogP contribution in [0.5, 0.6) is 0 Å². The van der Waals surface area contributed by atoms with Crippen LogP contribution in [0.3, 0.4) is 0 Å². The van der Waals surface area contributed by atoms with Gasteiger partial charge in [-0.05, 0) is 24.6 Å². The fraction of sp³-hybridized carbons (Fsp3) is 0.316. The zero-order chi connectivity index (χ0) is 17.9. The number of piperazine rings is 1. The van der Waals surface area contributed by atoms with Crippen LogP contribution in [0.2, 0.25) is 0 Å². The number of carbonyl (C=O) groups is 2. The predicted octanol–water partition coefficient (Wildman–Crippen LogP) is 2.14. The van der Waals surface area contributed by atoms with E-state index in [1.54, 1.807) is 12.4 Å². The van der Waals surface area contributed by atoms with Gasteiger partial charge in [-0.15, -0.1) is 12.6 Å². The predicted molar refractivity (Wildman–Crippen MR) is 101 cm³/mol. The molecule has 1 aliphatic heterocycles. The zero-order valence-electron chi connectivity index (χ0n) is 14.1. The second-order valence-electron chi connectivity index (χ2n) is 6.12. The standard InChI is InChI=1S/C19H21N3O2S/c1-15(23)19(18(24)25,16-5-3-2-4-6-16)22-13-11-21(12-14-22)17-7-9-20-10-8-17/h2-10H,11-14H2,1H3,(H,24,25). The molecule has 1 aromatic heterocycles. The van der Waals surface area contributed by atoms with Gasteiger partial charge in [0.25, 0.3) is 0 Å². The third-order valence-electron chi connectivity index (χ3n) is 4.79. The first-order chi connectivity index (χ1) is 12.1. The van der Waals surface area contributed by atoms with Crippen LogP contribution >= 0.6 is 12.6 Å². The van der Waals surface area contributed by atoms with E-state index in [1.807, 2.05) is 47.4 Å². The fourth-order valence-corrected chi connectivity index (χ4v) is 3.98. The third-order valence-corrected chi connectivity index (χ3v) is 5.12. The van der Waals surface area contributed by atoms with Crippen LogP contribution in [0.4, 0.5) is 5.69 Å². The van der Waals surface area contributed by atoms with Crippen LogP contribution in [-0.2, 0) is 15.1 Å². The van der Waals surface area contributed by atoms with Crippen molar-refractivity contribution in [2.24, 2.45) is 0 Å². The SMILES string of the molecule is CC(=O)C(C(=O)S)(c1ccccc1)N1CCN(c2ccncc2)CC1. The molecule has 0 N–H and O–H groups in total. The van der Waals surface area contributed by atoms with Gasteiger partial charge in [-0.3, -0.25) is 19.5 Å². The smallest absolute Gasteiger partial charge is 0.218 e. The summed E-state index contributed by atoms with van der Waals surface area (Å²) in [6.07, 6.45) is 3.53. The van der Waals surface area contributed by atoms with Crippen molar-refractivity contribution in [3.8, 4) is 0 Å². The second kappa shape index (κ2) is 7.37. The van der Waals surface area contributed by atoms with E-state index in [1.165, 1.54) is 6.92 Å². The van der Waals surface area contributed by atoms with Gasteiger partial charge in [0, 0.05) is 44.3 Å². The van der Waals surface area contributed by atoms with E-state index in [4.69, 9.17) is 0 Å². The lowest BCUT2D eigenvalue weighted by Crippen LogP contribution is -2.61. The molecule has 3 rings (SSSR count). The molecule has 0 aliphatic carbocycles. The zero-order valence-corrected chi connectivity index (χ0v) is 15.0. The van der Waals surface area contributed by atoms with Crippen LogP contribution in [0, 0.1) is 0 Å². The number of hydrogen-bond donors (Lipinski definition) is 1. The summed E-state index contributed by atoms with van der Waals surface area (Å²) < 4.78 is 0. The summed E-state index contributed by atoms with van der Waals surface area (Å²) >= 11 is 4.11. The molecule has 2 aromatic rings. The minimum atomic E-state index is -1.32. The molecule has 1 fully saturated rings. The number of hydrogen-bond acceptors (Lipinski definition) is 5. The average molecular weight is 355 g/mol. The molecule has 0 bridgehead atoms. The molecule has 1 atom stereocenters.